The predicted octanol–water partition coefficient (Wildman–Crippen LogP) is 7.54. The molecule has 176 valence electrons. The van der Waals surface area contributed by atoms with Crippen LogP contribution in [0, 0.1) is 17.8 Å². The van der Waals surface area contributed by atoms with E-state index in [0.717, 1.165) is 50.9 Å². The molecular weight excluding hydrogens is 376 g/mol. The van der Waals surface area contributed by atoms with Crippen LogP contribution in [0.5, 0.6) is 0 Å². The van der Waals surface area contributed by atoms with Crippen molar-refractivity contribution < 1.29 is 19.4 Å². The monoisotopic (exact) mass is 424 g/mol. The molecule has 0 aromatic heterocycles. The van der Waals surface area contributed by atoms with Crippen molar-refractivity contribution in [2.24, 2.45) is 17.8 Å². The van der Waals surface area contributed by atoms with E-state index in [1.54, 1.807) is 0 Å². The number of unbranched alkanes of at least 4 members (excludes halogenated alkanes) is 8. The van der Waals surface area contributed by atoms with E-state index in [9.17, 15) is 14.7 Å². The fraction of sp³-hybridized carbons (Fsp3) is 0.923. The molecule has 3 unspecified atom stereocenters. The van der Waals surface area contributed by atoms with Crippen LogP contribution in [0.2, 0.25) is 0 Å². The molecule has 0 radical (unpaired) electrons. The Morgan fingerprint density at radius 3 is 1.83 bits per heavy atom. The van der Waals surface area contributed by atoms with Gasteiger partial charge >= 0.3 is 11.9 Å². The molecule has 1 N–H and O–H groups in total. The predicted molar refractivity (Wildman–Crippen MR) is 123 cm³/mol. The minimum Gasteiger partial charge on any atom is -0.481 e. The summed E-state index contributed by atoms with van der Waals surface area (Å²) in [6.45, 7) is 6.75. The lowest BCUT2D eigenvalue weighted by Crippen LogP contribution is -2.35. The van der Waals surface area contributed by atoms with Crippen LogP contribution in [0.3, 0.4) is 0 Å². The molecule has 4 heteroatoms. The van der Waals surface area contributed by atoms with Crippen LogP contribution in [0.1, 0.15) is 130 Å². The summed E-state index contributed by atoms with van der Waals surface area (Å²) in [6, 6.07) is 0. The van der Waals surface area contributed by atoms with E-state index in [2.05, 4.69) is 20.8 Å². The maximum atomic E-state index is 12.7. The fourth-order valence-corrected chi connectivity index (χ4v) is 4.64. The second-order valence-electron chi connectivity index (χ2n) is 9.84. The first-order valence-electron chi connectivity index (χ1n) is 12.9. The summed E-state index contributed by atoms with van der Waals surface area (Å²) in [4.78, 5) is 24.2. The highest BCUT2D eigenvalue weighted by molar-refractivity contribution is 5.81. The van der Waals surface area contributed by atoms with Gasteiger partial charge in [-0.15, -0.1) is 0 Å². The first-order chi connectivity index (χ1) is 14.5. The highest BCUT2D eigenvalue weighted by Gasteiger charge is 2.37. The number of carboxylic acid groups (broad SMARTS) is 1. The van der Waals surface area contributed by atoms with Crippen LogP contribution in [-0.4, -0.2) is 23.1 Å². The van der Waals surface area contributed by atoms with Gasteiger partial charge in [-0.1, -0.05) is 97.8 Å². The van der Waals surface area contributed by atoms with Crippen LogP contribution in [0.4, 0.5) is 0 Å². The lowest BCUT2D eigenvalue weighted by Gasteiger charge is -2.28. The van der Waals surface area contributed by atoms with Gasteiger partial charge in [-0.2, -0.15) is 0 Å². The zero-order valence-electron chi connectivity index (χ0n) is 20.0. The van der Waals surface area contributed by atoms with Crippen molar-refractivity contribution in [1.82, 2.24) is 0 Å². The molecule has 1 rings (SSSR count). The number of hydrogen-bond acceptors (Lipinski definition) is 3. The van der Waals surface area contributed by atoms with Crippen molar-refractivity contribution in [2.75, 3.05) is 0 Å². The summed E-state index contributed by atoms with van der Waals surface area (Å²) in [5.74, 6) is -1.28. The number of ether oxygens (including phenoxy) is 1. The standard InChI is InChI=1S/C26H48O4/c1-4-5-17-22(18-13-11-9-7-6-8-10-12-16-21(2)3)30-26(29)24-20-15-14-19-23(24)25(27)28/h21-24H,4-20H2,1-3H3,(H,27,28). The lowest BCUT2D eigenvalue weighted by atomic mass is 9.79. The van der Waals surface area contributed by atoms with Crippen LogP contribution in [0.25, 0.3) is 0 Å². The maximum absolute atomic E-state index is 12.7. The normalized spacial score (nSPS) is 20.3. The number of esters is 1. The Bertz CT molecular complexity index is 460. The van der Waals surface area contributed by atoms with Crippen LogP contribution < -0.4 is 0 Å². The molecule has 30 heavy (non-hydrogen) atoms. The first kappa shape index (κ1) is 27.0. The first-order valence-corrected chi connectivity index (χ1v) is 12.9. The summed E-state index contributed by atoms with van der Waals surface area (Å²) < 4.78 is 5.86. The Morgan fingerprint density at radius 2 is 1.30 bits per heavy atom. The second-order valence-corrected chi connectivity index (χ2v) is 9.84. The second kappa shape index (κ2) is 16.6. The maximum Gasteiger partial charge on any atom is 0.310 e. The molecule has 0 amide bonds. The molecule has 1 aliphatic carbocycles. The molecule has 0 spiro atoms. The van der Waals surface area contributed by atoms with E-state index in [1.807, 2.05) is 0 Å². The van der Waals surface area contributed by atoms with Gasteiger partial charge in [0.2, 0.25) is 0 Å². The van der Waals surface area contributed by atoms with Gasteiger partial charge in [0.25, 0.3) is 0 Å². The summed E-state index contributed by atoms with van der Waals surface area (Å²) in [5, 5.41) is 9.44. The fourth-order valence-electron chi connectivity index (χ4n) is 4.64. The Kier molecular flexibility index (Phi) is 14.9. The van der Waals surface area contributed by atoms with Crippen molar-refractivity contribution in [3.8, 4) is 0 Å². The average molecular weight is 425 g/mol. The van der Waals surface area contributed by atoms with E-state index in [0.29, 0.717) is 12.8 Å². The van der Waals surface area contributed by atoms with Crippen LogP contribution in [0.15, 0.2) is 0 Å². The van der Waals surface area contributed by atoms with Gasteiger partial charge in [0, 0.05) is 0 Å². The molecule has 1 fully saturated rings. The largest absolute Gasteiger partial charge is 0.481 e. The topological polar surface area (TPSA) is 63.6 Å². The van der Waals surface area contributed by atoms with E-state index in [4.69, 9.17) is 4.74 Å². The summed E-state index contributed by atoms with van der Waals surface area (Å²) in [7, 11) is 0. The number of hydrogen-bond donors (Lipinski definition) is 1. The highest BCUT2D eigenvalue weighted by Crippen LogP contribution is 2.32. The molecule has 1 saturated carbocycles. The van der Waals surface area contributed by atoms with Crippen molar-refractivity contribution in [2.45, 2.75) is 136 Å². The molecule has 0 heterocycles. The molecule has 4 nitrogen and oxygen atoms in total. The molecule has 3 atom stereocenters. The third-order valence-corrected chi connectivity index (χ3v) is 6.61. The number of carbonyl (C=O) groups excluding carboxylic acids is 1. The molecular formula is C26H48O4. The minimum absolute atomic E-state index is 0.0372. The minimum atomic E-state index is -0.842. The van der Waals surface area contributed by atoms with Gasteiger partial charge in [-0.3, -0.25) is 9.59 Å². The number of aliphatic carboxylic acids is 1. The number of carboxylic acids is 1. The third kappa shape index (κ3) is 12.0. The van der Waals surface area contributed by atoms with Gasteiger partial charge in [0.1, 0.15) is 6.10 Å². The van der Waals surface area contributed by atoms with E-state index < -0.39 is 17.8 Å². The zero-order valence-corrected chi connectivity index (χ0v) is 20.0. The molecule has 0 aromatic carbocycles. The Hall–Kier alpha value is -1.06. The summed E-state index contributed by atoms with van der Waals surface area (Å²) in [5.41, 5.74) is 0. The van der Waals surface area contributed by atoms with E-state index in [-0.39, 0.29) is 12.1 Å². The average Bonchev–Trinajstić information content (AvgIpc) is 2.72. The number of carbonyl (C=O) groups is 2. The highest BCUT2D eigenvalue weighted by atomic mass is 16.5. The molecule has 1 aliphatic rings. The van der Waals surface area contributed by atoms with E-state index in [1.165, 1.54) is 51.4 Å². The lowest BCUT2D eigenvalue weighted by molar-refractivity contribution is -0.164. The van der Waals surface area contributed by atoms with Gasteiger partial charge in [0.05, 0.1) is 11.8 Å². The summed E-state index contributed by atoms with van der Waals surface area (Å²) in [6.07, 6.45) is 18.7. The molecule has 0 bridgehead atoms. The smallest absolute Gasteiger partial charge is 0.310 e. The van der Waals surface area contributed by atoms with Gasteiger partial charge in [-0.05, 0) is 38.0 Å². The number of rotatable bonds is 17. The summed E-state index contributed by atoms with van der Waals surface area (Å²) >= 11 is 0. The van der Waals surface area contributed by atoms with Crippen molar-refractivity contribution in [3.63, 3.8) is 0 Å². The van der Waals surface area contributed by atoms with E-state index >= 15 is 0 Å². The van der Waals surface area contributed by atoms with Crippen molar-refractivity contribution in [1.29, 1.82) is 0 Å². The van der Waals surface area contributed by atoms with Gasteiger partial charge in [-0.25, -0.2) is 0 Å². The Labute approximate surface area is 185 Å². The Morgan fingerprint density at radius 1 is 0.800 bits per heavy atom. The van der Waals surface area contributed by atoms with Crippen molar-refractivity contribution >= 4 is 11.9 Å². The quantitative estimate of drug-likeness (QED) is 0.193. The van der Waals surface area contributed by atoms with Crippen molar-refractivity contribution in [3.05, 3.63) is 0 Å². The van der Waals surface area contributed by atoms with Crippen LogP contribution in [-0.2, 0) is 14.3 Å². The molecule has 0 aromatic rings. The molecule has 0 saturated heterocycles. The van der Waals surface area contributed by atoms with Crippen LogP contribution >= 0.6 is 0 Å². The van der Waals surface area contributed by atoms with Gasteiger partial charge < -0.3 is 9.84 Å². The molecule has 0 aliphatic heterocycles. The zero-order chi connectivity index (χ0) is 22.2. The SMILES string of the molecule is CCCCC(CCCCCCCCCCC(C)C)OC(=O)C1CCCCC1C(=O)O. The van der Waals surface area contributed by atoms with Gasteiger partial charge in [0.15, 0.2) is 0 Å². The third-order valence-electron chi connectivity index (χ3n) is 6.61. The Balaban J connectivity index is 2.26.